The van der Waals surface area contributed by atoms with Crippen LogP contribution in [0.2, 0.25) is 0 Å². The van der Waals surface area contributed by atoms with Gasteiger partial charge < -0.3 is 10.6 Å². The maximum Gasteiger partial charge on any atom is 0.0254 e. The van der Waals surface area contributed by atoms with Crippen LogP contribution in [0.3, 0.4) is 0 Å². The van der Waals surface area contributed by atoms with E-state index < -0.39 is 0 Å². The molecule has 5 atom stereocenters. The molecule has 0 aromatic carbocycles. The summed E-state index contributed by atoms with van der Waals surface area (Å²) in [6, 6.07) is 1.71. The zero-order valence-electron chi connectivity index (χ0n) is 13.5. The van der Waals surface area contributed by atoms with Crippen molar-refractivity contribution in [2.45, 2.75) is 58.2 Å². The molecule has 0 radical (unpaired) electrons. The van der Waals surface area contributed by atoms with Crippen molar-refractivity contribution in [2.75, 3.05) is 27.2 Å². The van der Waals surface area contributed by atoms with E-state index in [0.717, 1.165) is 17.8 Å². The molecule has 2 N–H and O–H groups in total. The lowest BCUT2D eigenvalue weighted by atomic mass is 9.76. The Balaban J connectivity index is 2.00. The molecule has 1 heterocycles. The maximum absolute atomic E-state index is 6.43. The molecule has 0 aromatic rings. The van der Waals surface area contributed by atoms with Crippen molar-refractivity contribution in [3.05, 3.63) is 0 Å². The topological polar surface area (TPSA) is 32.5 Å². The van der Waals surface area contributed by atoms with Gasteiger partial charge in [-0.15, -0.1) is 0 Å². The van der Waals surface area contributed by atoms with Crippen LogP contribution in [-0.2, 0) is 0 Å². The predicted molar refractivity (Wildman–Crippen MR) is 82.2 cm³/mol. The van der Waals surface area contributed by atoms with E-state index >= 15 is 0 Å². The summed E-state index contributed by atoms with van der Waals surface area (Å²) in [5.41, 5.74) is 6.43. The van der Waals surface area contributed by atoms with E-state index in [1.165, 1.54) is 32.4 Å². The molecular weight excluding hydrogens is 234 g/mol. The van der Waals surface area contributed by atoms with E-state index in [1.54, 1.807) is 0 Å². The molecule has 19 heavy (non-hydrogen) atoms. The number of hydrogen-bond donors (Lipinski definition) is 1. The van der Waals surface area contributed by atoms with Crippen LogP contribution in [0.15, 0.2) is 0 Å². The quantitative estimate of drug-likeness (QED) is 0.849. The summed E-state index contributed by atoms with van der Waals surface area (Å²) in [4.78, 5) is 5.08. The van der Waals surface area contributed by atoms with Gasteiger partial charge in [0.25, 0.3) is 0 Å². The molecule has 2 aliphatic rings. The summed E-state index contributed by atoms with van der Waals surface area (Å²) in [5.74, 6) is 2.44. The Bertz CT molecular complexity index is 290. The first-order chi connectivity index (χ1) is 8.90. The molecule has 1 aliphatic heterocycles. The van der Waals surface area contributed by atoms with Crippen LogP contribution in [0.4, 0.5) is 0 Å². The van der Waals surface area contributed by atoms with Gasteiger partial charge in [0, 0.05) is 31.2 Å². The molecule has 1 saturated heterocycles. The Labute approximate surface area is 119 Å². The molecule has 5 unspecified atom stereocenters. The number of rotatable bonds is 3. The van der Waals surface area contributed by atoms with Crippen LogP contribution in [0.1, 0.15) is 40.0 Å². The van der Waals surface area contributed by atoms with Crippen molar-refractivity contribution >= 4 is 0 Å². The third-order valence-corrected chi connectivity index (χ3v) is 5.59. The largest absolute Gasteiger partial charge is 0.326 e. The third kappa shape index (κ3) is 3.32. The van der Waals surface area contributed by atoms with Gasteiger partial charge >= 0.3 is 0 Å². The van der Waals surface area contributed by atoms with Gasteiger partial charge in [-0.05, 0) is 51.1 Å². The average molecular weight is 267 g/mol. The first-order valence-corrected chi connectivity index (χ1v) is 8.06. The van der Waals surface area contributed by atoms with Crippen molar-refractivity contribution in [1.29, 1.82) is 0 Å². The molecule has 2 fully saturated rings. The fourth-order valence-electron chi connectivity index (χ4n) is 4.16. The van der Waals surface area contributed by atoms with Crippen molar-refractivity contribution in [2.24, 2.45) is 23.5 Å². The molecule has 3 nitrogen and oxygen atoms in total. The average Bonchev–Trinajstić information content (AvgIpc) is 2.71. The first kappa shape index (κ1) is 15.3. The highest BCUT2D eigenvalue weighted by Crippen LogP contribution is 2.34. The fraction of sp³-hybridized carbons (Fsp3) is 1.00. The van der Waals surface area contributed by atoms with Gasteiger partial charge in [0.1, 0.15) is 0 Å². The van der Waals surface area contributed by atoms with Gasteiger partial charge in [0.05, 0.1) is 0 Å². The standard InChI is InChI=1S/C16H33N3/c1-11(2)13-6-7-14(17)15(8-13)19-9-12(3)16(10-19)18(4)5/h11-16H,6-10,17H2,1-5H3. The highest BCUT2D eigenvalue weighted by molar-refractivity contribution is 4.96. The smallest absolute Gasteiger partial charge is 0.0254 e. The van der Waals surface area contributed by atoms with Crippen LogP contribution >= 0.6 is 0 Å². The lowest BCUT2D eigenvalue weighted by Gasteiger charge is -2.41. The number of likely N-dealkylation sites (tertiary alicyclic amines) is 1. The van der Waals surface area contributed by atoms with Crippen molar-refractivity contribution in [3.8, 4) is 0 Å². The van der Waals surface area contributed by atoms with Crippen LogP contribution in [0.5, 0.6) is 0 Å². The zero-order valence-corrected chi connectivity index (χ0v) is 13.5. The highest BCUT2D eigenvalue weighted by Gasteiger charge is 2.39. The normalized spacial score (nSPS) is 41.4. The Kier molecular flexibility index (Phi) is 4.91. The van der Waals surface area contributed by atoms with Crippen molar-refractivity contribution in [1.82, 2.24) is 9.80 Å². The molecule has 1 aliphatic carbocycles. The third-order valence-electron chi connectivity index (χ3n) is 5.59. The Hall–Kier alpha value is -0.120. The molecule has 0 spiro atoms. The van der Waals surface area contributed by atoms with Crippen molar-refractivity contribution in [3.63, 3.8) is 0 Å². The van der Waals surface area contributed by atoms with Crippen molar-refractivity contribution < 1.29 is 0 Å². The first-order valence-electron chi connectivity index (χ1n) is 8.06. The number of likely N-dealkylation sites (N-methyl/N-ethyl adjacent to an activating group) is 1. The van der Waals surface area contributed by atoms with Crippen LogP contribution in [0, 0.1) is 17.8 Å². The second kappa shape index (κ2) is 6.11. The Morgan fingerprint density at radius 1 is 1.16 bits per heavy atom. The summed E-state index contributed by atoms with van der Waals surface area (Å²) in [7, 11) is 4.42. The molecule has 112 valence electrons. The van der Waals surface area contributed by atoms with Gasteiger partial charge in [0.15, 0.2) is 0 Å². The second-order valence-electron chi connectivity index (χ2n) is 7.51. The summed E-state index contributed by atoms with van der Waals surface area (Å²) < 4.78 is 0. The second-order valence-corrected chi connectivity index (χ2v) is 7.51. The fourth-order valence-corrected chi connectivity index (χ4v) is 4.16. The maximum atomic E-state index is 6.43. The Morgan fingerprint density at radius 2 is 1.84 bits per heavy atom. The minimum Gasteiger partial charge on any atom is -0.326 e. The zero-order chi connectivity index (χ0) is 14.2. The van der Waals surface area contributed by atoms with Gasteiger partial charge in [0.2, 0.25) is 0 Å². The van der Waals surface area contributed by atoms with Crippen LogP contribution in [-0.4, -0.2) is 55.1 Å². The van der Waals surface area contributed by atoms with E-state index in [2.05, 4.69) is 44.7 Å². The van der Waals surface area contributed by atoms with Crippen LogP contribution < -0.4 is 5.73 Å². The molecule has 0 aromatic heterocycles. The Morgan fingerprint density at radius 3 is 2.37 bits per heavy atom. The van der Waals surface area contributed by atoms with E-state index in [9.17, 15) is 0 Å². The number of nitrogens with zero attached hydrogens (tertiary/aromatic N) is 2. The molecule has 0 bridgehead atoms. The lowest BCUT2D eigenvalue weighted by molar-refractivity contribution is 0.110. The van der Waals surface area contributed by atoms with Crippen LogP contribution in [0.25, 0.3) is 0 Å². The van der Waals surface area contributed by atoms with E-state index in [1.807, 2.05) is 0 Å². The molecule has 0 amide bonds. The van der Waals surface area contributed by atoms with Gasteiger partial charge in [-0.1, -0.05) is 20.8 Å². The lowest BCUT2D eigenvalue weighted by Crippen LogP contribution is -2.51. The summed E-state index contributed by atoms with van der Waals surface area (Å²) in [6.45, 7) is 9.56. The summed E-state index contributed by atoms with van der Waals surface area (Å²) in [6.07, 6.45) is 3.85. The van der Waals surface area contributed by atoms with Gasteiger partial charge in [-0.25, -0.2) is 0 Å². The van der Waals surface area contributed by atoms with E-state index in [-0.39, 0.29) is 0 Å². The highest BCUT2D eigenvalue weighted by atomic mass is 15.3. The van der Waals surface area contributed by atoms with E-state index in [0.29, 0.717) is 18.1 Å². The van der Waals surface area contributed by atoms with E-state index in [4.69, 9.17) is 5.73 Å². The monoisotopic (exact) mass is 267 g/mol. The molecule has 3 heteroatoms. The molecule has 1 saturated carbocycles. The summed E-state index contributed by atoms with van der Waals surface area (Å²) >= 11 is 0. The van der Waals surface area contributed by atoms with Gasteiger partial charge in [-0.3, -0.25) is 4.90 Å². The summed E-state index contributed by atoms with van der Waals surface area (Å²) in [5, 5.41) is 0. The SMILES string of the molecule is CC(C)C1CCC(N)C(N2CC(C)C(N(C)C)C2)C1. The minimum absolute atomic E-state index is 0.392. The molecule has 2 rings (SSSR count). The number of nitrogens with two attached hydrogens (primary N) is 1. The number of hydrogen-bond acceptors (Lipinski definition) is 3. The minimum atomic E-state index is 0.392. The predicted octanol–water partition coefficient (Wildman–Crippen LogP) is 2.02. The van der Waals surface area contributed by atoms with Gasteiger partial charge in [-0.2, -0.15) is 0 Å². The molecular formula is C16H33N3.